The predicted molar refractivity (Wildman–Crippen MR) is 119 cm³/mol. The zero-order chi connectivity index (χ0) is 22.5. The molecule has 0 fully saturated rings. The smallest absolute Gasteiger partial charge is 0.343 e. The van der Waals surface area contributed by atoms with Gasteiger partial charge < -0.3 is 4.74 Å². The van der Waals surface area contributed by atoms with Crippen LogP contribution in [0, 0.1) is 13.8 Å². The van der Waals surface area contributed by atoms with Gasteiger partial charge in [-0.1, -0.05) is 30.3 Å². The van der Waals surface area contributed by atoms with Gasteiger partial charge in [-0.3, -0.25) is 10.9 Å². The Morgan fingerprint density at radius 3 is 2.41 bits per heavy atom. The first-order chi connectivity index (χ1) is 15.5. The number of benzene rings is 1. The molecule has 0 atom stereocenters. The van der Waals surface area contributed by atoms with E-state index in [1.807, 2.05) is 50.2 Å². The molecule has 0 unspecified atom stereocenters. The van der Waals surface area contributed by atoms with Crippen LogP contribution in [0.1, 0.15) is 28.7 Å². The number of nitrogens with one attached hydrogen (secondary N) is 2. The molecule has 10 heteroatoms. The van der Waals surface area contributed by atoms with Crippen molar-refractivity contribution >= 4 is 17.7 Å². The van der Waals surface area contributed by atoms with E-state index in [9.17, 15) is 4.79 Å². The lowest BCUT2D eigenvalue weighted by Crippen LogP contribution is -2.19. The van der Waals surface area contributed by atoms with Gasteiger partial charge in [0.15, 0.2) is 5.82 Å². The normalized spacial score (nSPS) is 10.6. The number of aryl methyl sites for hydroxylation is 2. The van der Waals surface area contributed by atoms with Crippen LogP contribution in [0.5, 0.6) is 0 Å². The SMILES string of the molecule is CCOC(=O)c1cnc(-n2nc(C)cc2C)nc1NNc1ncc(-c2ccccc2)cn1. The predicted octanol–water partition coefficient (Wildman–Crippen LogP) is 3.35. The van der Waals surface area contributed by atoms with E-state index in [4.69, 9.17) is 4.74 Å². The molecule has 4 rings (SSSR count). The Morgan fingerprint density at radius 2 is 1.75 bits per heavy atom. The van der Waals surface area contributed by atoms with Crippen molar-refractivity contribution in [2.24, 2.45) is 0 Å². The second-order valence-electron chi connectivity index (χ2n) is 6.90. The Bertz CT molecular complexity index is 1220. The first-order valence-corrected chi connectivity index (χ1v) is 10.0. The fraction of sp³-hybridized carbons (Fsp3) is 0.182. The van der Waals surface area contributed by atoms with Gasteiger partial charge in [0.2, 0.25) is 5.95 Å². The highest BCUT2D eigenvalue weighted by molar-refractivity contribution is 5.94. The van der Waals surface area contributed by atoms with Crippen molar-refractivity contribution < 1.29 is 9.53 Å². The maximum atomic E-state index is 12.4. The lowest BCUT2D eigenvalue weighted by molar-refractivity contribution is 0.0526. The van der Waals surface area contributed by atoms with Crippen LogP contribution in [0.4, 0.5) is 11.8 Å². The Morgan fingerprint density at radius 1 is 1.00 bits per heavy atom. The van der Waals surface area contributed by atoms with E-state index in [1.165, 1.54) is 6.20 Å². The number of esters is 1. The molecule has 0 saturated carbocycles. The largest absolute Gasteiger partial charge is 0.462 e. The number of ether oxygens (including phenoxy) is 1. The number of aromatic nitrogens is 6. The average molecular weight is 430 g/mol. The van der Waals surface area contributed by atoms with E-state index in [0.29, 0.717) is 11.9 Å². The van der Waals surface area contributed by atoms with Crippen molar-refractivity contribution in [2.75, 3.05) is 17.5 Å². The number of hydrazine groups is 1. The maximum absolute atomic E-state index is 12.4. The molecule has 0 radical (unpaired) electrons. The van der Waals surface area contributed by atoms with Gasteiger partial charge in [-0.05, 0) is 32.4 Å². The third kappa shape index (κ3) is 4.53. The zero-order valence-corrected chi connectivity index (χ0v) is 17.9. The lowest BCUT2D eigenvalue weighted by atomic mass is 10.1. The van der Waals surface area contributed by atoms with Crippen LogP contribution >= 0.6 is 0 Å². The van der Waals surface area contributed by atoms with Crippen molar-refractivity contribution in [2.45, 2.75) is 20.8 Å². The highest BCUT2D eigenvalue weighted by atomic mass is 16.5. The number of carbonyl (C=O) groups is 1. The molecule has 32 heavy (non-hydrogen) atoms. The number of hydrogen-bond donors (Lipinski definition) is 2. The number of hydrogen-bond acceptors (Lipinski definition) is 9. The molecule has 0 saturated heterocycles. The molecule has 10 nitrogen and oxygen atoms in total. The molecule has 0 aliphatic rings. The summed E-state index contributed by atoms with van der Waals surface area (Å²) in [5.41, 5.74) is 9.55. The summed E-state index contributed by atoms with van der Waals surface area (Å²) in [5.74, 6) is 0.299. The number of nitrogens with zero attached hydrogens (tertiary/aromatic N) is 6. The summed E-state index contributed by atoms with van der Waals surface area (Å²) in [6, 6.07) is 11.7. The van der Waals surface area contributed by atoms with Crippen molar-refractivity contribution in [3.63, 3.8) is 0 Å². The van der Waals surface area contributed by atoms with Gasteiger partial charge in [-0.25, -0.2) is 24.4 Å². The second kappa shape index (κ2) is 9.21. The van der Waals surface area contributed by atoms with Crippen LogP contribution in [0.3, 0.4) is 0 Å². The zero-order valence-electron chi connectivity index (χ0n) is 17.9. The molecule has 4 aromatic rings. The van der Waals surface area contributed by atoms with E-state index in [2.05, 4.69) is 35.9 Å². The minimum absolute atomic E-state index is 0.172. The van der Waals surface area contributed by atoms with E-state index < -0.39 is 5.97 Å². The van der Waals surface area contributed by atoms with Crippen LogP contribution in [-0.2, 0) is 4.74 Å². The minimum Gasteiger partial charge on any atom is -0.462 e. The molecule has 3 heterocycles. The van der Waals surface area contributed by atoms with Gasteiger partial charge in [0.05, 0.1) is 12.3 Å². The molecule has 162 valence electrons. The van der Waals surface area contributed by atoms with Crippen LogP contribution < -0.4 is 10.9 Å². The fourth-order valence-corrected chi connectivity index (χ4v) is 3.05. The van der Waals surface area contributed by atoms with Crippen molar-refractivity contribution in [3.05, 3.63) is 71.9 Å². The number of carbonyl (C=O) groups excluding carboxylic acids is 1. The molecule has 0 aliphatic carbocycles. The monoisotopic (exact) mass is 430 g/mol. The third-order valence-electron chi connectivity index (χ3n) is 4.52. The molecule has 0 aliphatic heterocycles. The first-order valence-electron chi connectivity index (χ1n) is 10.0. The number of rotatable bonds is 7. The Kier molecular flexibility index (Phi) is 6.02. The van der Waals surface area contributed by atoms with Gasteiger partial charge in [-0.2, -0.15) is 10.1 Å². The minimum atomic E-state index is -0.544. The Balaban J connectivity index is 1.58. The summed E-state index contributed by atoms with van der Waals surface area (Å²) in [7, 11) is 0. The summed E-state index contributed by atoms with van der Waals surface area (Å²) in [4.78, 5) is 29.7. The van der Waals surface area contributed by atoms with Gasteiger partial charge >= 0.3 is 5.97 Å². The summed E-state index contributed by atoms with van der Waals surface area (Å²) in [5, 5.41) is 4.39. The van der Waals surface area contributed by atoms with Gasteiger partial charge in [0.1, 0.15) is 5.56 Å². The van der Waals surface area contributed by atoms with Crippen molar-refractivity contribution in [3.8, 4) is 17.1 Å². The molecule has 0 spiro atoms. The number of anilines is 2. The second-order valence-corrected chi connectivity index (χ2v) is 6.90. The molecular formula is C22H22N8O2. The summed E-state index contributed by atoms with van der Waals surface area (Å²) < 4.78 is 6.72. The molecular weight excluding hydrogens is 408 g/mol. The van der Waals surface area contributed by atoms with Crippen LogP contribution in [0.2, 0.25) is 0 Å². The molecule has 3 aromatic heterocycles. The Labute approximate surface area is 184 Å². The highest BCUT2D eigenvalue weighted by Gasteiger charge is 2.18. The highest BCUT2D eigenvalue weighted by Crippen LogP contribution is 2.19. The third-order valence-corrected chi connectivity index (χ3v) is 4.52. The van der Waals surface area contributed by atoms with Crippen LogP contribution in [0.15, 0.2) is 55.0 Å². The van der Waals surface area contributed by atoms with E-state index >= 15 is 0 Å². The van der Waals surface area contributed by atoms with Crippen molar-refractivity contribution in [1.29, 1.82) is 0 Å². The quantitative estimate of drug-likeness (QED) is 0.336. The summed E-state index contributed by atoms with van der Waals surface area (Å²) in [6.07, 6.45) is 4.82. The van der Waals surface area contributed by atoms with Gasteiger partial charge in [-0.15, -0.1) is 0 Å². The van der Waals surface area contributed by atoms with E-state index in [0.717, 1.165) is 22.5 Å². The lowest BCUT2D eigenvalue weighted by Gasteiger charge is -2.13. The van der Waals surface area contributed by atoms with Gasteiger partial charge in [0.25, 0.3) is 5.95 Å². The molecule has 0 amide bonds. The summed E-state index contributed by atoms with van der Waals surface area (Å²) >= 11 is 0. The Hall–Kier alpha value is -4.34. The summed E-state index contributed by atoms with van der Waals surface area (Å²) in [6.45, 7) is 5.75. The van der Waals surface area contributed by atoms with Gasteiger partial charge in [0, 0.05) is 29.8 Å². The van der Waals surface area contributed by atoms with Crippen LogP contribution in [0.25, 0.3) is 17.1 Å². The molecule has 1 aromatic carbocycles. The molecule has 0 bridgehead atoms. The topological polar surface area (TPSA) is 120 Å². The fourth-order valence-electron chi connectivity index (χ4n) is 3.05. The standard InChI is InChI=1S/C22H22N8O2/c1-4-32-20(31)18-13-25-22(30-15(3)10-14(2)29-30)26-19(18)27-28-21-23-11-17(12-24-21)16-8-6-5-7-9-16/h5-13H,4H2,1-3H3,(H,23,24,28)(H,25,26,27). The average Bonchev–Trinajstić information content (AvgIpc) is 3.16. The maximum Gasteiger partial charge on any atom is 0.343 e. The van der Waals surface area contributed by atoms with Crippen LogP contribution in [-0.4, -0.2) is 42.3 Å². The van der Waals surface area contributed by atoms with E-state index in [-0.39, 0.29) is 18.0 Å². The van der Waals surface area contributed by atoms with Crippen molar-refractivity contribution in [1.82, 2.24) is 29.7 Å². The first kappa shape index (κ1) is 20.9. The van der Waals surface area contributed by atoms with E-state index in [1.54, 1.807) is 24.0 Å². The molecule has 2 N–H and O–H groups in total.